The van der Waals surface area contributed by atoms with Crippen LogP contribution in [0.3, 0.4) is 0 Å². The maximum absolute atomic E-state index is 11.8. The topological polar surface area (TPSA) is 87.7 Å². The van der Waals surface area contributed by atoms with Crippen molar-refractivity contribution < 1.29 is 19.4 Å². The summed E-state index contributed by atoms with van der Waals surface area (Å²) in [5.41, 5.74) is 2.99. The number of carbonyl (C=O) groups is 1. The van der Waals surface area contributed by atoms with Crippen LogP contribution in [-0.4, -0.2) is 46.1 Å². The Labute approximate surface area is 158 Å². The molecule has 1 aromatic carbocycles. The second-order valence-electron chi connectivity index (χ2n) is 8.39. The first-order valence-electron chi connectivity index (χ1n) is 9.21. The fourth-order valence-electron chi connectivity index (χ4n) is 3.81. The number of fused-ring (bicyclic) bond motifs is 1. The van der Waals surface area contributed by atoms with Crippen LogP contribution < -0.4 is 9.47 Å². The molecule has 0 unspecified atom stereocenters. The Hall–Kier alpha value is -2.54. The Morgan fingerprint density at radius 3 is 2.74 bits per heavy atom. The highest BCUT2D eigenvalue weighted by molar-refractivity contribution is 5.72. The Bertz CT molecular complexity index is 855. The van der Waals surface area contributed by atoms with Crippen molar-refractivity contribution in [1.29, 1.82) is 0 Å². The third-order valence-electron chi connectivity index (χ3n) is 5.33. The number of carboxylic acid groups (broad SMARTS) is 1. The van der Waals surface area contributed by atoms with Crippen LogP contribution in [-0.2, 0) is 16.8 Å². The molecule has 1 aromatic heterocycles. The number of likely N-dealkylation sites (tertiary alicyclic amines) is 1. The Morgan fingerprint density at radius 2 is 2.04 bits per heavy atom. The van der Waals surface area contributed by atoms with Crippen molar-refractivity contribution in [2.75, 3.05) is 19.9 Å². The van der Waals surface area contributed by atoms with Crippen LogP contribution in [0.15, 0.2) is 24.3 Å². The van der Waals surface area contributed by atoms with Crippen LogP contribution >= 0.6 is 0 Å². The van der Waals surface area contributed by atoms with Gasteiger partial charge in [-0.25, -0.2) is 0 Å². The minimum Gasteiger partial charge on any atom is -0.481 e. The normalized spacial score (nSPS) is 22.3. The number of ether oxygens (including phenoxy) is 2. The van der Waals surface area contributed by atoms with Crippen molar-refractivity contribution >= 4 is 5.97 Å². The fraction of sp³-hybridized carbons (Fsp3) is 0.500. The molecule has 0 radical (unpaired) electrons. The van der Waals surface area contributed by atoms with E-state index in [0.717, 1.165) is 17.0 Å². The molecular weight excluding hydrogens is 346 g/mol. The quantitative estimate of drug-likeness (QED) is 0.859. The molecule has 4 rings (SSSR count). The fourth-order valence-corrected chi connectivity index (χ4v) is 3.81. The highest BCUT2D eigenvalue weighted by atomic mass is 16.7. The van der Waals surface area contributed by atoms with Gasteiger partial charge in [-0.2, -0.15) is 5.10 Å². The molecule has 7 heteroatoms. The molecule has 0 bridgehead atoms. The van der Waals surface area contributed by atoms with Gasteiger partial charge in [-0.15, -0.1) is 0 Å². The van der Waals surface area contributed by atoms with Gasteiger partial charge in [0.1, 0.15) is 0 Å². The average Bonchev–Trinajstić information content (AvgIpc) is 3.32. The first-order chi connectivity index (χ1) is 12.8. The minimum atomic E-state index is -0.764. The number of nitrogens with one attached hydrogen (secondary N) is 1. The molecule has 2 atom stereocenters. The Kier molecular flexibility index (Phi) is 4.34. The Balaban J connectivity index is 1.52. The summed E-state index contributed by atoms with van der Waals surface area (Å²) >= 11 is 0. The van der Waals surface area contributed by atoms with Crippen LogP contribution in [0, 0.1) is 5.92 Å². The third kappa shape index (κ3) is 3.51. The van der Waals surface area contributed by atoms with Crippen molar-refractivity contribution in [3.05, 3.63) is 41.2 Å². The highest BCUT2D eigenvalue weighted by Crippen LogP contribution is 2.39. The molecule has 0 aliphatic carbocycles. The average molecular weight is 371 g/mol. The van der Waals surface area contributed by atoms with E-state index in [0.29, 0.717) is 31.1 Å². The summed E-state index contributed by atoms with van der Waals surface area (Å²) in [4.78, 5) is 14.0. The first kappa shape index (κ1) is 17.9. The van der Waals surface area contributed by atoms with Gasteiger partial charge in [-0.1, -0.05) is 26.8 Å². The largest absolute Gasteiger partial charge is 0.481 e. The van der Waals surface area contributed by atoms with Gasteiger partial charge in [-0.05, 0) is 23.8 Å². The number of hydrogen-bond acceptors (Lipinski definition) is 5. The number of hydrogen-bond donors (Lipinski definition) is 2. The van der Waals surface area contributed by atoms with Gasteiger partial charge in [0.15, 0.2) is 11.5 Å². The van der Waals surface area contributed by atoms with Crippen LogP contribution in [0.4, 0.5) is 0 Å². The maximum atomic E-state index is 11.8. The van der Waals surface area contributed by atoms with Gasteiger partial charge in [0.2, 0.25) is 6.79 Å². The smallest absolute Gasteiger partial charge is 0.308 e. The van der Waals surface area contributed by atoms with Gasteiger partial charge in [0.05, 0.1) is 11.6 Å². The minimum absolute atomic E-state index is 0.0155. The summed E-state index contributed by atoms with van der Waals surface area (Å²) < 4.78 is 10.8. The lowest BCUT2D eigenvalue weighted by Gasteiger charge is -2.16. The summed E-state index contributed by atoms with van der Waals surface area (Å²) in [5.74, 6) is 0.115. The van der Waals surface area contributed by atoms with Crippen LogP contribution in [0.1, 0.15) is 43.6 Å². The standard InChI is InChI=1S/C20H25N3O4/c1-20(2,3)18-7-13(21-22-18)8-23-9-14(15(10-23)19(24)25)12-4-5-16-17(6-12)27-11-26-16/h4-7,14-15H,8-11H2,1-3H3,(H,21,22)(H,24,25)/t14-,15+/m0/s1. The zero-order chi connectivity index (χ0) is 19.2. The molecule has 2 aliphatic heterocycles. The summed E-state index contributed by atoms with van der Waals surface area (Å²) in [5, 5.41) is 17.2. The van der Waals surface area contributed by atoms with Crippen molar-refractivity contribution in [3.8, 4) is 11.5 Å². The van der Waals surface area contributed by atoms with E-state index in [9.17, 15) is 9.90 Å². The number of aliphatic carboxylic acids is 1. The Morgan fingerprint density at radius 1 is 1.26 bits per heavy atom. The molecule has 27 heavy (non-hydrogen) atoms. The maximum Gasteiger partial charge on any atom is 0.308 e. The van der Waals surface area contributed by atoms with Crippen LogP contribution in [0.5, 0.6) is 11.5 Å². The number of H-pyrrole nitrogens is 1. The van der Waals surface area contributed by atoms with E-state index >= 15 is 0 Å². The number of rotatable bonds is 4. The van der Waals surface area contributed by atoms with Crippen LogP contribution in [0.2, 0.25) is 0 Å². The van der Waals surface area contributed by atoms with Crippen LogP contribution in [0.25, 0.3) is 0 Å². The third-order valence-corrected chi connectivity index (χ3v) is 5.33. The number of benzene rings is 1. The molecule has 2 aromatic rings. The van der Waals surface area contributed by atoms with E-state index in [1.807, 2.05) is 18.2 Å². The summed E-state index contributed by atoms with van der Waals surface area (Å²) in [6.07, 6.45) is 0. The van der Waals surface area contributed by atoms with Gasteiger partial charge >= 0.3 is 5.97 Å². The molecule has 2 N–H and O–H groups in total. The second-order valence-corrected chi connectivity index (χ2v) is 8.39. The molecule has 144 valence electrons. The van der Waals surface area contributed by atoms with E-state index in [2.05, 4.69) is 41.9 Å². The molecule has 0 saturated carbocycles. The monoisotopic (exact) mass is 371 g/mol. The molecule has 1 saturated heterocycles. The molecule has 1 fully saturated rings. The lowest BCUT2D eigenvalue weighted by molar-refractivity contribution is -0.141. The summed E-state index contributed by atoms with van der Waals surface area (Å²) in [7, 11) is 0. The SMILES string of the molecule is CC(C)(C)c1cc(CN2C[C@@H](C(=O)O)[C@H](c3ccc4c(c3)OCO4)C2)[nH]n1. The number of aromatic amines is 1. The van der Waals surface area contributed by atoms with E-state index in [1.165, 1.54) is 0 Å². The number of aromatic nitrogens is 2. The zero-order valence-corrected chi connectivity index (χ0v) is 15.9. The number of carboxylic acids is 1. The molecule has 3 heterocycles. The lowest BCUT2D eigenvalue weighted by Crippen LogP contribution is -2.23. The number of nitrogens with zero attached hydrogens (tertiary/aromatic N) is 2. The molecule has 0 spiro atoms. The van der Waals surface area contributed by atoms with Gasteiger partial charge in [0.25, 0.3) is 0 Å². The van der Waals surface area contributed by atoms with Gasteiger partial charge in [0, 0.05) is 36.7 Å². The van der Waals surface area contributed by atoms with E-state index in [-0.39, 0.29) is 18.1 Å². The van der Waals surface area contributed by atoms with E-state index in [4.69, 9.17) is 9.47 Å². The van der Waals surface area contributed by atoms with Crippen molar-refractivity contribution in [3.63, 3.8) is 0 Å². The lowest BCUT2D eigenvalue weighted by atomic mass is 9.89. The van der Waals surface area contributed by atoms with Crippen molar-refractivity contribution in [2.45, 2.75) is 38.6 Å². The van der Waals surface area contributed by atoms with E-state index < -0.39 is 11.9 Å². The highest BCUT2D eigenvalue weighted by Gasteiger charge is 2.39. The first-order valence-corrected chi connectivity index (χ1v) is 9.21. The van der Waals surface area contributed by atoms with Crippen molar-refractivity contribution in [2.24, 2.45) is 5.92 Å². The van der Waals surface area contributed by atoms with Gasteiger partial charge < -0.3 is 14.6 Å². The molecule has 0 amide bonds. The molecule has 7 nitrogen and oxygen atoms in total. The second kappa shape index (κ2) is 6.56. The molecular formula is C20H25N3O4. The zero-order valence-electron chi connectivity index (χ0n) is 15.9. The predicted octanol–water partition coefficient (Wildman–Crippen LogP) is 2.74. The van der Waals surface area contributed by atoms with E-state index in [1.54, 1.807) is 0 Å². The molecule has 2 aliphatic rings. The summed E-state index contributed by atoms with van der Waals surface area (Å²) in [6.45, 7) is 8.44. The summed E-state index contributed by atoms with van der Waals surface area (Å²) in [6, 6.07) is 7.80. The van der Waals surface area contributed by atoms with Crippen molar-refractivity contribution in [1.82, 2.24) is 15.1 Å². The van der Waals surface area contributed by atoms with Gasteiger partial charge in [-0.3, -0.25) is 14.8 Å². The predicted molar refractivity (Wildman–Crippen MR) is 99.0 cm³/mol.